The fourth-order valence-electron chi connectivity index (χ4n) is 8.58. The molecular formula is C48H31BN2O. The zero-order chi connectivity index (χ0) is 34.2. The van der Waals surface area contributed by atoms with E-state index in [1.54, 1.807) is 0 Å². The first kappa shape index (κ1) is 29.0. The van der Waals surface area contributed by atoms with Gasteiger partial charge in [-0.1, -0.05) is 133 Å². The molecule has 2 aliphatic rings. The molecule has 242 valence electrons. The van der Waals surface area contributed by atoms with Crippen molar-refractivity contribution in [3.05, 3.63) is 188 Å². The maximum atomic E-state index is 7.31. The van der Waals surface area contributed by atoms with Gasteiger partial charge in [0, 0.05) is 33.2 Å². The smallest absolute Gasteiger partial charge is 0.336 e. The van der Waals surface area contributed by atoms with Crippen molar-refractivity contribution in [1.29, 1.82) is 0 Å². The van der Waals surface area contributed by atoms with Gasteiger partial charge in [0.15, 0.2) is 0 Å². The molecule has 2 aliphatic heterocycles. The first-order valence-corrected chi connectivity index (χ1v) is 17.9. The Kier molecular flexibility index (Phi) is 6.35. The Labute approximate surface area is 302 Å². The summed E-state index contributed by atoms with van der Waals surface area (Å²) in [7, 11) is 0. The van der Waals surface area contributed by atoms with Crippen molar-refractivity contribution in [3.8, 4) is 50.6 Å². The van der Waals surface area contributed by atoms with E-state index in [9.17, 15) is 0 Å². The zero-order valence-corrected chi connectivity index (χ0v) is 28.3. The lowest BCUT2D eigenvalue weighted by molar-refractivity contribution is 0.485. The van der Waals surface area contributed by atoms with Gasteiger partial charge in [-0.05, 0) is 87.9 Å². The highest BCUT2D eigenvalue weighted by Gasteiger charge is 2.44. The number of benzene rings is 8. The lowest BCUT2D eigenvalue weighted by Crippen LogP contribution is -2.59. The third kappa shape index (κ3) is 4.28. The van der Waals surface area contributed by atoms with Gasteiger partial charge in [0.05, 0.1) is 16.7 Å². The highest BCUT2D eigenvalue weighted by Crippen LogP contribution is 2.47. The second-order valence-electron chi connectivity index (χ2n) is 13.7. The van der Waals surface area contributed by atoms with Crippen molar-refractivity contribution < 1.29 is 4.74 Å². The van der Waals surface area contributed by atoms with Crippen molar-refractivity contribution in [3.63, 3.8) is 0 Å². The molecule has 0 atom stereocenters. The Morgan fingerprint density at radius 1 is 0.423 bits per heavy atom. The van der Waals surface area contributed by atoms with Gasteiger partial charge >= 0.3 is 6.85 Å². The van der Waals surface area contributed by atoms with Gasteiger partial charge in [-0.2, -0.15) is 0 Å². The number of para-hydroxylation sites is 5. The van der Waals surface area contributed by atoms with Gasteiger partial charge in [-0.3, -0.25) is 0 Å². The van der Waals surface area contributed by atoms with Crippen LogP contribution in [0.15, 0.2) is 188 Å². The second-order valence-corrected chi connectivity index (χ2v) is 13.7. The summed E-state index contributed by atoms with van der Waals surface area (Å²) in [5.74, 6) is 1.77. The third-order valence-electron chi connectivity index (χ3n) is 10.8. The minimum absolute atomic E-state index is 0.108. The first-order valence-electron chi connectivity index (χ1n) is 17.9. The van der Waals surface area contributed by atoms with Crippen molar-refractivity contribution in [2.75, 3.05) is 4.81 Å². The standard InChI is InChI=1S/C48H31BN2O/c1-3-15-32(16-4-1)33-17-13-18-34(29-33)35-30-40-39-23-9-12-27-44(39)51(36-19-5-2-6-20-36)49-41-24-14-28-45(48(41)52-46(31-35)47(40)49)50-42-25-10-7-21-37(42)38-22-8-11-26-43(38)50/h1-31H. The van der Waals surface area contributed by atoms with Gasteiger partial charge in [0.25, 0.3) is 0 Å². The maximum absolute atomic E-state index is 7.31. The number of hydrogen-bond donors (Lipinski definition) is 0. The number of nitrogens with zero attached hydrogens (tertiary/aromatic N) is 2. The molecule has 0 saturated carbocycles. The van der Waals surface area contributed by atoms with E-state index in [4.69, 9.17) is 4.74 Å². The van der Waals surface area contributed by atoms with Crippen LogP contribution in [0.4, 0.5) is 11.4 Å². The molecule has 0 unspecified atom stereocenters. The molecule has 0 spiro atoms. The highest BCUT2D eigenvalue weighted by molar-refractivity contribution is 6.92. The Bertz CT molecular complexity index is 2790. The van der Waals surface area contributed by atoms with Crippen molar-refractivity contribution >= 4 is 51.0 Å². The molecule has 3 nitrogen and oxygen atoms in total. The van der Waals surface area contributed by atoms with E-state index in [0.29, 0.717) is 0 Å². The SMILES string of the molecule is c1ccc(-c2cccc(-c3cc4c5c(c3)-c3ccccc3N(c3ccccc3)B5c3cccc(-n5c6ccccc6c6ccccc65)c3O4)c2)cc1. The fraction of sp³-hybridized carbons (Fsp3) is 0. The lowest BCUT2D eigenvalue weighted by Gasteiger charge is -2.42. The number of anilines is 2. The molecule has 0 fully saturated rings. The summed E-state index contributed by atoms with van der Waals surface area (Å²) < 4.78 is 9.69. The number of fused-ring (bicyclic) bond motifs is 7. The van der Waals surface area contributed by atoms with Crippen LogP contribution in [0.25, 0.3) is 60.9 Å². The molecule has 52 heavy (non-hydrogen) atoms. The molecule has 0 N–H and O–H groups in total. The van der Waals surface area contributed by atoms with Crippen LogP contribution in [-0.4, -0.2) is 11.4 Å². The predicted molar refractivity (Wildman–Crippen MR) is 217 cm³/mol. The quantitative estimate of drug-likeness (QED) is 0.175. The largest absolute Gasteiger partial charge is 0.456 e. The summed E-state index contributed by atoms with van der Waals surface area (Å²) in [5.41, 5.74) is 15.1. The molecule has 0 saturated heterocycles. The van der Waals surface area contributed by atoms with E-state index in [1.165, 1.54) is 44.2 Å². The van der Waals surface area contributed by atoms with Gasteiger partial charge in [0.2, 0.25) is 0 Å². The van der Waals surface area contributed by atoms with E-state index in [2.05, 4.69) is 197 Å². The van der Waals surface area contributed by atoms with Gasteiger partial charge in [-0.15, -0.1) is 0 Å². The van der Waals surface area contributed by atoms with Crippen LogP contribution in [0.2, 0.25) is 0 Å². The van der Waals surface area contributed by atoms with Crippen LogP contribution in [0.3, 0.4) is 0 Å². The summed E-state index contributed by atoms with van der Waals surface area (Å²) in [6.07, 6.45) is 0. The maximum Gasteiger partial charge on any atom is 0.336 e. The Balaban J connectivity index is 1.20. The summed E-state index contributed by atoms with van der Waals surface area (Å²) in [6.45, 7) is -0.108. The van der Waals surface area contributed by atoms with Crippen LogP contribution < -0.4 is 20.5 Å². The van der Waals surface area contributed by atoms with Crippen molar-refractivity contribution in [1.82, 2.24) is 4.57 Å². The third-order valence-corrected chi connectivity index (χ3v) is 10.8. The second kappa shape index (κ2) is 11.4. The first-order chi connectivity index (χ1) is 25.8. The van der Waals surface area contributed by atoms with Crippen LogP contribution in [-0.2, 0) is 0 Å². The fourth-order valence-corrected chi connectivity index (χ4v) is 8.58. The monoisotopic (exact) mass is 662 g/mol. The van der Waals surface area contributed by atoms with Gasteiger partial charge < -0.3 is 14.1 Å². The normalized spacial score (nSPS) is 12.7. The zero-order valence-electron chi connectivity index (χ0n) is 28.3. The van der Waals surface area contributed by atoms with Crippen molar-refractivity contribution in [2.24, 2.45) is 0 Å². The predicted octanol–water partition coefficient (Wildman–Crippen LogP) is 11.1. The summed E-state index contributed by atoms with van der Waals surface area (Å²) >= 11 is 0. The average Bonchev–Trinajstić information content (AvgIpc) is 3.55. The van der Waals surface area contributed by atoms with Crippen LogP contribution in [0.1, 0.15) is 0 Å². The minimum atomic E-state index is -0.108. The molecule has 9 aromatic rings. The molecule has 0 radical (unpaired) electrons. The highest BCUT2D eigenvalue weighted by atomic mass is 16.5. The van der Waals surface area contributed by atoms with Crippen molar-refractivity contribution in [2.45, 2.75) is 0 Å². The van der Waals surface area contributed by atoms with Gasteiger partial charge in [-0.25, -0.2) is 0 Å². The molecule has 1 aromatic heterocycles. The molecule has 0 bridgehead atoms. The summed E-state index contributed by atoms with van der Waals surface area (Å²) in [4.78, 5) is 2.51. The van der Waals surface area contributed by atoms with Crippen LogP contribution >= 0.6 is 0 Å². The van der Waals surface area contributed by atoms with E-state index < -0.39 is 0 Å². The number of hydrogen-bond acceptors (Lipinski definition) is 2. The Hall–Kier alpha value is -6.78. The molecule has 3 heterocycles. The van der Waals surface area contributed by atoms with E-state index in [-0.39, 0.29) is 6.85 Å². The molecule has 0 aliphatic carbocycles. The minimum Gasteiger partial charge on any atom is -0.456 e. The molecule has 0 amide bonds. The molecule has 8 aromatic carbocycles. The topological polar surface area (TPSA) is 17.4 Å². The van der Waals surface area contributed by atoms with E-state index in [0.717, 1.165) is 50.5 Å². The van der Waals surface area contributed by atoms with Crippen LogP contribution in [0.5, 0.6) is 11.5 Å². The number of aromatic nitrogens is 1. The Morgan fingerprint density at radius 3 is 1.79 bits per heavy atom. The molecular weight excluding hydrogens is 631 g/mol. The molecule has 4 heteroatoms. The summed E-state index contributed by atoms with van der Waals surface area (Å²) in [5, 5.41) is 2.46. The van der Waals surface area contributed by atoms with E-state index >= 15 is 0 Å². The number of rotatable bonds is 4. The van der Waals surface area contributed by atoms with E-state index in [1.807, 2.05) is 0 Å². The summed E-state index contributed by atoms with van der Waals surface area (Å²) in [6, 6.07) is 67.7. The lowest BCUT2D eigenvalue weighted by atomic mass is 9.44. The average molecular weight is 663 g/mol. The Morgan fingerprint density at radius 2 is 1.02 bits per heavy atom. The number of ether oxygens (including phenoxy) is 1. The van der Waals surface area contributed by atoms with Gasteiger partial charge in [0.1, 0.15) is 11.5 Å². The molecule has 11 rings (SSSR count). The van der Waals surface area contributed by atoms with Crippen LogP contribution in [0, 0.1) is 0 Å².